The van der Waals surface area contributed by atoms with E-state index in [-0.39, 0.29) is 18.2 Å². The van der Waals surface area contributed by atoms with Crippen LogP contribution in [0.4, 0.5) is 0 Å². The van der Waals surface area contributed by atoms with Gasteiger partial charge in [-0.3, -0.25) is 4.79 Å². The van der Waals surface area contributed by atoms with Crippen molar-refractivity contribution in [2.45, 2.75) is 12.5 Å². The van der Waals surface area contributed by atoms with Crippen molar-refractivity contribution in [1.82, 2.24) is 5.32 Å². The molecule has 0 bridgehead atoms. The molecule has 0 aromatic heterocycles. The van der Waals surface area contributed by atoms with Crippen LogP contribution in [0.1, 0.15) is 5.56 Å². The summed E-state index contributed by atoms with van der Waals surface area (Å²) < 4.78 is 0. The molecule has 0 aliphatic rings. The molecule has 0 saturated carbocycles. The predicted octanol–water partition coefficient (Wildman–Crippen LogP) is 1.13. The number of benzene rings is 1. The molecule has 0 fully saturated rings. The highest BCUT2D eigenvalue weighted by atomic mass is 35.5. The van der Waals surface area contributed by atoms with Gasteiger partial charge < -0.3 is 16.2 Å². The molecule has 4 nitrogen and oxygen atoms in total. The number of phenolic OH excluding ortho intramolecular Hbond substituents is 1. The van der Waals surface area contributed by atoms with E-state index < -0.39 is 6.04 Å². The van der Waals surface area contributed by atoms with E-state index in [0.29, 0.717) is 11.5 Å². The van der Waals surface area contributed by atoms with Gasteiger partial charge in [0.2, 0.25) is 5.91 Å². The van der Waals surface area contributed by atoms with Gasteiger partial charge in [0.25, 0.3) is 0 Å². The number of nitrogens with one attached hydrogen (secondary N) is 1. The Balaban J connectivity index is 2.48. The Kier molecular flexibility index (Phi) is 5.00. The molecule has 92 valence electrons. The first-order valence-corrected chi connectivity index (χ1v) is 5.51. The van der Waals surface area contributed by atoms with Crippen molar-refractivity contribution < 1.29 is 9.90 Å². The number of phenols is 1. The number of nitrogens with two attached hydrogens (primary N) is 1. The highest BCUT2D eigenvalue weighted by Gasteiger charge is 2.13. The third kappa shape index (κ3) is 4.89. The van der Waals surface area contributed by atoms with Gasteiger partial charge in [0.15, 0.2) is 0 Å². The minimum atomic E-state index is -0.643. The van der Waals surface area contributed by atoms with E-state index in [4.69, 9.17) is 22.4 Å². The number of rotatable bonds is 5. The minimum Gasteiger partial charge on any atom is -0.508 e. The van der Waals surface area contributed by atoms with Crippen LogP contribution in [0.25, 0.3) is 0 Å². The molecule has 1 aromatic carbocycles. The van der Waals surface area contributed by atoms with Gasteiger partial charge in [-0.15, -0.1) is 0 Å². The summed E-state index contributed by atoms with van der Waals surface area (Å²) in [7, 11) is 0. The summed E-state index contributed by atoms with van der Waals surface area (Å²) in [5, 5.41) is 12.0. The molecule has 0 spiro atoms. The van der Waals surface area contributed by atoms with E-state index in [9.17, 15) is 4.79 Å². The summed E-state index contributed by atoms with van der Waals surface area (Å²) >= 11 is 5.53. The summed E-state index contributed by atoms with van der Waals surface area (Å²) in [5.74, 6) is -0.0925. The van der Waals surface area contributed by atoms with Crippen molar-refractivity contribution in [2.24, 2.45) is 5.73 Å². The highest BCUT2D eigenvalue weighted by Crippen LogP contribution is 2.10. The van der Waals surface area contributed by atoms with Crippen molar-refractivity contribution >= 4 is 17.5 Å². The van der Waals surface area contributed by atoms with E-state index in [1.165, 1.54) is 0 Å². The zero-order chi connectivity index (χ0) is 12.8. The van der Waals surface area contributed by atoms with Gasteiger partial charge in [-0.25, -0.2) is 0 Å². The lowest BCUT2D eigenvalue weighted by Crippen LogP contribution is -2.42. The van der Waals surface area contributed by atoms with Gasteiger partial charge in [0.05, 0.1) is 12.6 Å². The van der Waals surface area contributed by atoms with Crippen LogP contribution in [0.3, 0.4) is 0 Å². The smallest absolute Gasteiger partial charge is 0.237 e. The predicted molar refractivity (Wildman–Crippen MR) is 67.8 cm³/mol. The third-order valence-corrected chi connectivity index (χ3v) is 2.32. The number of aromatic hydroxyl groups is 1. The average molecular weight is 255 g/mol. The number of hydrogen-bond acceptors (Lipinski definition) is 3. The van der Waals surface area contributed by atoms with Crippen molar-refractivity contribution in [3.63, 3.8) is 0 Å². The zero-order valence-corrected chi connectivity index (χ0v) is 10.1. The lowest BCUT2D eigenvalue weighted by Gasteiger charge is -2.11. The van der Waals surface area contributed by atoms with Gasteiger partial charge in [-0.2, -0.15) is 0 Å². The van der Waals surface area contributed by atoms with E-state index in [0.717, 1.165) is 5.56 Å². The van der Waals surface area contributed by atoms with Crippen LogP contribution in [-0.2, 0) is 11.2 Å². The maximum absolute atomic E-state index is 11.5. The first-order valence-electron chi connectivity index (χ1n) is 5.13. The third-order valence-electron chi connectivity index (χ3n) is 2.18. The van der Waals surface area contributed by atoms with Crippen LogP contribution < -0.4 is 11.1 Å². The molecular weight excluding hydrogens is 240 g/mol. The van der Waals surface area contributed by atoms with E-state index in [1.807, 2.05) is 0 Å². The second-order valence-electron chi connectivity index (χ2n) is 3.71. The Morgan fingerprint density at radius 3 is 2.59 bits per heavy atom. The Hall–Kier alpha value is -1.52. The summed E-state index contributed by atoms with van der Waals surface area (Å²) in [5.41, 5.74) is 6.61. The van der Waals surface area contributed by atoms with Crippen LogP contribution in [0.5, 0.6) is 5.75 Å². The fourth-order valence-electron chi connectivity index (χ4n) is 1.29. The second kappa shape index (κ2) is 6.27. The molecular formula is C12H15ClN2O2. The molecule has 0 aliphatic heterocycles. The van der Waals surface area contributed by atoms with Gasteiger partial charge in [-0.1, -0.05) is 30.3 Å². The molecule has 1 aromatic rings. The fourth-order valence-corrected chi connectivity index (χ4v) is 1.36. The molecule has 0 radical (unpaired) electrons. The van der Waals surface area contributed by atoms with Crippen molar-refractivity contribution in [3.8, 4) is 5.75 Å². The van der Waals surface area contributed by atoms with E-state index >= 15 is 0 Å². The Morgan fingerprint density at radius 2 is 2.06 bits per heavy atom. The van der Waals surface area contributed by atoms with Crippen LogP contribution in [-0.4, -0.2) is 23.6 Å². The summed E-state index contributed by atoms with van der Waals surface area (Å²) in [6, 6.07) is 5.92. The number of halogens is 1. The number of carbonyl (C=O) groups excluding carboxylic acids is 1. The molecule has 0 heterocycles. The van der Waals surface area contributed by atoms with E-state index in [1.54, 1.807) is 24.3 Å². The Bertz CT molecular complexity index is 403. The quantitative estimate of drug-likeness (QED) is 0.737. The maximum Gasteiger partial charge on any atom is 0.237 e. The van der Waals surface area contributed by atoms with Gasteiger partial charge in [0.1, 0.15) is 5.75 Å². The Morgan fingerprint density at radius 1 is 1.47 bits per heavy atom. The molecule has 1 amide bonds. The van der Waals surface area contributed by atoms with Crippen molar-refractivity contribution in [1.29, 1.82) is 0 Å². The van der Waals surface area contributed by atoms with Gasteiger partial charge in [0, 0.05) is 5.03 Å². The normalized spacial score (nSPS) is 11.9. The summed E-state index contributed by atoms with van der Waals surface area (Å²) in [6.07, 6.45) is 0.404. The highest BCUT2D eigenvalue weighted by molar-refractivity contribution is 6.29. The number of amides is 1. The molecule has 5 heteroatoms. The van der Waals surface area contributed by atoms with Crippen LogP contribution >= 0.6 is 11.6 Å². The zero-order valence-electron chi connectivity index (χ0n) is 9.32. The summed E-state index contributed by atoms with van der Waals surface area (Å²) in [4.78, 5) is 11.5. The average Bonchev–Trinajstić information content (AvgIpc) is 2.28. The van der Waals surface area contributed by atoms with Crippen molar-refractivity contribution in [3.05, 3.63) is 41.4 Å². The topological polar surface area (TPSA) is 75.4 Å². The number of hydrogen-bond donors (Lipinski definition) is 3. The second-order valence-corrected chi connectivity index (χ2v) is 4.25. The largest absolute Gasteiger partial charge is 0.508 e. The van der Waals surface area contributed by atoms with Gasteiger partial charge in [-0.05, 0) is 24.1 Å². The van der Waals surface area contributed by atoms with Crippen LogP contribution in [0.2, 0.25) is 0 Å². The van der Waals surface area contributed by atoms with Crippen molar-refractivity contribution in [2.75, 3.05) is 6.54 Å². The molecule has 1 rings (SSSR count). The standard InChI is InChI=1S/C12H15ClN2O2/c1-8(13)7-15-12(17)11(14)6-9-2-4-10(16)5-3-9/h2-5,11,16H,1,6-7,14H2,(H,15,17)/t11-/m1/s1. The molecule has 0 saturated heterocycles. The molecule has 0 unspecified atom stereocenters. The van der Waals surface area contributed by atoms with E-state index in [2.05, 4.69) is 11.9 Å². The molecule has 1 atom stereocenters. The first-order chi connectivity index (χ1) is 7.99. The Labute approximate surface area is 105 Å². The lowest BCUT2D eigenvalue weighted by molar-refractivity contribution is -0.122. The monoisotopic (exact) mass is 254 g/mol. The fraction of sp³-hybridized carbons (Fsp3) is 0.250. The maximum atomic E-state index is 11.5. The SMILES string of the molecule is C=C(Cl)CNC(=O)[C@H](N)Cc1ccc(O)cc1. The van der Waals surface area contributed by atoms with Gasteiger partial charge >= 0.3 is 0 Å². The van der Waals surface area contributed by atoms with Crippen LogP contribution in [0.15, 0.2) is 35.9 Å². The summed E-state index contributed by atoms with van der Waals surface area (Å²) in [6.45, 7) is 3.67. The molecule has 4 N–H and O–H groups in total. The lowest BCUT2D eigenvalue weighted by atomic mass is 10.1. The molecule has 0 aliphatic carbocycles. The minimum absolute atomic E-state index is 0.185. The first kappa shape index (κ1) is 13.5. The number of carbonyl (C=O) groups is 1. The van der Waals surface area contributed by atoms with Crippen LogP contribution in [0, 0.1) is 0 Å². The molecule has 17 heavy (non-hydrogen) atoms.